The van der Waals surface area contributed by atoms with Gasteiger partial charge < -0.3 is 9.47 Å². The molecular formula is C26H25BrN2O4S. The second kappa shape index (κ2) is 10.1. The molecule has 0 radical (unpaired) electrons. The zero-order chi connectivity index (χ0) is 24.4. The SMILES string of the molecule is CCOc1ccc([C@H]2C(C(=O)OC(C)C)=C(C)N=c3s/c(=C/c4ccc(Br)cc4)c(=O)n32)cc1. The average Bonchev–Trinajstić information content (AvgIpc) is 3.09. The van der Waals surface area contributed by atoms with Crippen molar-refractivity contribution >= 4 is 39.3 Å². The van der Waals surface area contributed by atoms with Crippen molar-refractivity contribution < 1.29 is 14.3 Å². The van der Waals surface area contributed by atoms with Gasteiger partial charge in [-0.3, -0.25) is 9.36 Å². The van der Waals surface area contributed by atoms with Crippen molar-refractivity contribution in [3.8, 4) is 5.75 Å². The Morgan fingerprint density at radius 2 is 1.85 bits per heavy atom. The molecule has 4 rings (SSSR count). The molecule has 0 N–H and O–H groups in total. The maximum absolute atomic E-state index is 13.6. The second-order valence-electron chi connectivity index (χ2n) is 8.09. The van der Waals surface area contributed by atoms with Crippen LogP contribution in [-0.2, 0) is 9.53 Å². The number of fused-ring (bicyclic) bond motifs is 1. The quantitative estimate of drug-likeness (QED) is 0.436. The number of carbonyl (C=O) groups is 1. The second-order valence-corrected chi connectivity index (χ2v) is 10.0. The normalized spacial score (nSPS) is 15.8. The summed E-state index contributed by atoms with van der Waals surface area (Å²) in [7, 11) is 0. The molecule has 6 nitrogen and oxygen atoms in total. The minimum absolute atomic E-state index is 0.201. The zero-order valence-electron chi connectivity index (χ0n) is 19.4. The summed E-state index contributed by atoms with van der Waals surface area (Å²) in [6, 6.07) is 14.5. The number of thiazole rings is 1. The highest BCUT2D eigenvalue weighted by Gasteiger charge is 2.33. The van der Waals surface area contributed by atoms with Crippen LogP contribution in [-0.4, -0.2) is 23.2 Å². The Kier molecular flexibility index (Phi) is 7.19. The molecule has 2 heterocycles. The summed E-state index contributed by atoms with van der Waals surface area (Å²) >= 11 is 4.74. The van der Waals surface area contributed by atoms with Crippen molar-refractivity contribution in [1.29, 1.82) is 0 Å². The Morgan fingerprint density at radius 3 is 2.47 bits per heavy atom. The summed E-state index contributed by atoms with van der Waals surface area (Å²) in [5, 5.41) is 0. The van der Waals surface area contributed by atoms with Crippen LogP contribution < -0.4 is 19.6 Å². The molecule has 1 aromatic heterocycles. The van der Waals surface area contributed by atoms with Gasteiger partial charge in [0, 0.05) is 4.47 Å². The Morgan fingerprint density at radius 1 is 1.18 bits per heavy atom. The largest absolute Gasteiger partial charge is 0.494 e. The molecular weight excluding hydrogens is 516 g/mol. The summed E-state index contributed by atoms with van der Waals surface area (Å²) in [5.41, 5.74) is 2.39. The molecule has 0 bridgehead atoms. The molecule has 176 valence electrons. The molecule has 1 aliphatic rings. The van der Waals surface area contributed by atoms with Gasteiger partial charge in [0.05, 0.1) is 34.6 Å². The van der Waals surface area contributed by atoms with Crippen LogP contribution in [0.1, 0.15) is 44.9 Å². The predicted octanol–water partition coefficient (Wildman–Crippen LogP) is 4.35. The molecule has 0 saturated heterocycles. The van der Waals surface area contributed by atoms with Gasteiger partial charge in [0.2, 0.25) is 0 Å². The molecule has 1 aliphatic heterocycles. The molecule has 0 unspecified atom stereocenters. The Balaban J connectivity index is 1.90. The van der Waals surface area contributed by atoms with E-state index in [2.05, 4.69) is 20.9 Å². The number of rotatable bonds is 6. The lowest BCUT2D eigenvalue weighted by molar-refractivity contribution is -0.143. The highest BCUT2D eigenvalue weighted by atomic mass is 79.9. The van der Waals surface area contributed by atoms with Gasteiger partial charge in [0.1, 0.15) is 5.75 Å². The number of hydrogen-bond acceptors (Lipinski definition) is 6. The van der Waals surface area contributed by atoms with Gasteiger partial charge >= 0.3 is 5.97 Å². The Bertz CT molecular complexity index is 1420. The molecule has 0 spiro atoms. The van der Waals surface area contributed by atoms with E-state index in [0.29, 0.717) is 27.2 Å². The topological polar surface area (TPSA) is 69.9 Å². The van der Waals surface area contributed by atoms with Gasteiger partial charge in [-0.2, -0.15) is 0 Å². The lowest BCUT2D eigenvalue weighted by Gasteiger charge is -2.25. The molecule has 2 aromatic carbocycles. The average molecular weight is 541 g/mol. The van der Waals surface area contributed by atoms with Crippen molar-refractivity contribution in [1.82, 2.24) is 4.57 Å². The third-order valence-corrected chi connectivity index (χ3v) is 6.77. The van der Waals surface area contributed by atoms with Crippen molar-refractivity contribution in [2.24, 2.45) is 4.99 Å². The minimum Gasteiger partial charge on any atom is -0.494 e. The van der Waals surface area contributed by atoms with Gasteiger partial charge in [0.15, 0.2) is 4.80 Å². The van der Waals surface area contributed by atoms with Crippen molar-refractivity contribution in [3.63, 3.8) is 0 Å². The zero-order valence-corrected chi connectivity index (χ0v) is 21.8. The van der Waals surface area contributed by atoms with Gasteiger partial charge in [0.25, 0.3) is 5.56 Å². The summed E-state index contributed by atoms with van der Waals surface area (Å²) < 4.78 is 14.2. The van der Waals surface area contributed by atoms with Crippen molar-refractivity contribution in [2.75, 3.05) is 6.61 Å². The molecule has 8 heteroatoms. The number of hydrogen-bond donors (Lipinski definition) is 0. The standard InChI is InChI=1S/C26H25BrN2O4S/c1-5-32-20-12-8-18(9-13-20)23-22(25(31)33-15(2)3)16(4)28-26-29(23)24(30)21(34-26)14-17-6-10-19(27)11-7-17/h6-15,23H,5H2,1-4H3/b21-14+/t23-/m0/s1. The van der Waals surface area contributed by atoms with E-state index < -0.39 is 12.0 Å². The number of esters is 1. The van der Waals surface area contributed by atoms with E-state index in [0.717, 1.165) is 21.3 Å². The van der Waals surface area contributed by atoms with E-state index >= 15 is 0 Å². The molecule has 1 atom stereocenters. The number of ether oxygens (including phenoxy) is 2. The van der Waals surface area contributed by atoms with E-state index in [1.165, 1.54) is 11.3 Å². The number of aromatic nitrogens is 1. The third-order valence-electron chi connectivity index (χ3n) is 5.26. The number of halogens is 1. The van der Waals surface area contributed by atoms with E-state index in [1.807, 2.05) is 61.5 Å². The lowest BCUT2D eigenvalue weighted by atomic mass is 9.96. The fourth-order valence-corrected chi connectivity index (χ4v) is 5.11. The lowest BCUT2D eigenvalue weighted by Crippen LogP contribution is -2.40. The molecule has 0 aliphatic carbocycles. The maximum atomic E-state index is 13.6. The van der Waals surface area contributed by atoms with Gasteiger partial charge in [-0.05, 0) is 69.2 Å². The first kappa shape index (κ1) is 24.2. The summed E-state index contributed by atoms with van der Waals surface area (Å²) in [5.74, 6) is 0.248. The minimum atomic E-state index is -0.648. The molecule has 34 heavy (non-hydrogen) atoms. The van der Waals surface area contributed by atoms with E-state index in [4.69, 9.17) is 9.47 Å². The highest BCUT2D eigenvalue weighted by Crippen LogP contribution is 2.32. The highest BCUT2D eigenvalue weighted by molar-refractivity contribution is 9.10. The predicted molar refractivity (Wildman–Crippen MR) is 137 cm³/mol. The van der Waals surface area contributed by atoms with Crippen LogP contribution in [0.2, 0.25) is 0 Å². The Hall–Kier alpha value is -2.97. The third kappa shape index (κ3) is 4.93. The van der Waals surface area contributed by atoms with Crippen LogP contribution in [0.4, 0.5) is 0 Å². The molecule has 0 saturated carbocycles. The first-order chi connectivity index (χ1) is 16.3. The molecule has 0 amide bonds. The van der Waals surface area contributed by atoms with Crippen LogP contribution in [0.3, 0.4) is 0 Å². The number of benzene rings is 2. The maximum Gasteiger partial charge on any atom is 0.338 e. The van der Waals surface area contributed by atoms with Gasteiger partial charge in [-0.15, -0.1) is 0 Å². The summed E-state index contributed by atoms with van der Waals surface area (Å²) in [6.07, 6.45) is 1.55. The van der Waals surface area contributed by atoms with E-state index in [-0.39, 0.29) is 11.7 Å². The van der Waals surface area contributed by atoms with E-state index in [9.17, 15) is 9.59 Å². The van der Waals surface area contributed by atoms with Crippen LogP contribution in [0.5, 0.6) is 5.75 Å². The van der Waals surface area contributed by atoms with Crippen molar-refractivity contribution in [2.45, 2.75) is 39.8 Å². The summed E-state index contributed by atoms with van der Waals surface area (Å²) in [4.78, 5) is 31.9. The smallest absolute Gasteiger partial charge is 0.338 e. The fourth-order valence-electron chi connectivity index (χ4n) is 3.80. The van der Waals surface area contributed by atoms with Crippen LogP contribution in [0.25, 0.3) is 6.08 Å². The van der Waals surface area contributed by atoms with Crippen molar-refractivity contribution in [3.05, 3.63) is 95.1 Å². The number of nitrogens with zero attached hydrogens (tertiary/aromatic N) is 2. The van der Waals surface area contributed by atoms with E-state index in [1.54, 1.807) is 25.3 Å². The van der Waals surface area contributed by atoms with Crippen LogP contribution >= 0.6 is 27.3 Å². The monoisotopic (exact) mass is 540 g/mol. The van der Waals surface area contributed by atoms with Crippen LogP contribution in [0.15, 0.2) is 74.1 Å². The summed E-state index contributed by atoms with van der Waals surface area (Å²) in [6.45, 7) is 7.85. The number of carbonyl (C=O) groups excluding carboxylic acids is 1. The molecule has 3 aromatic rings. The Labute approximate surface area is 210 Å². The number of allylic oxidation sites excluding steroid dienone is 1. The first-order valence-corrected chi connectivity index (χ1v) is 12.6. The fraction of sp³-hybridized carbons (Fsp3) is 0.269. The first-order valence-electron chi connectivity index (χ1n) is 11.0. The van der Waals surface area contributed by atoms with Crippen LogP contribution in [0, 0.1) is 0 Å². The molecule has 0 fully saturated rings. The van der Waals surface area contributed by atoms with Gasteiger partial charge in [-0.25, -0.2) is 9.79 Å². The van der Waals surface area contributed by atoms with Gasteiger partial charge in [-0.1, -0.05) is 51.5 Å².